The Labute approximate surface area is 127 Å². The molecule has 1 unspecified atom stereocenters. The van der Waals surface area contributed by atoms with E-state index in [0.717, 1.165) is 26.5 Å². The molecular weight excluding hydrogens is 372 g/mol. The van der Waals surface area contributed by atoms with Crippen molar-refractivity contribution in [1.29, 1.82) is 0 Å². The minimum atomic E-state index is -0.416. The summed E-state index contributed by atoms with van der Waals surface area (Å²) in [7, 11) is 0. The van der Waals surface area contributed by atoms with Crippen LogP contribution in [-0.2, 0) is 4.79 Å². The van der Waals surface area contributed by atoms with Gasteiger partial charge in [0, 0.05) is 15.6 Å². The maximum atomic E-state index is 12.2. The molecule has 1 aromatic rings. The Balaban J connectivity index is 2.34. The second kappa shape index (κ2) is 4.53. The molecule has 0 amide bonds. The molecule has 2 aliphatic rings. The van der Waals surface area contributed by atoms with Crippen molar-refractivity contribution in [3.63, 3.8) is 0 Å². The molecule has 0 radical (unpaired) electrons. The second-order valence-corrected chi connectivity index (χ2v) is 6.81. The summed E-state index contributed by atoms with van der Waals surface area (Å²) in [5.41, 5.74) is 2.95. The van der Waals surface area contributed by atoms with Gasteiger partial charge in [0.1, 0.15) is 0 Å². The van der Waals surface area contributed by atoms with E-state index in [1.54, 1.807) is 12.1 Å². The number of halogens is 2. The summed E-state index contributed by atoms with van der Waals surface area (Å²) in [5.74, 6) is -0.587. The summed E-state index contributed by atoms with van der Waals surface area (Å²) < 4.78 is 1.79. The van der Waals surface area contributed by atoms with Gasteiger partial charge in [-0.25, -0.2) is 0 Å². The van der Waals surface area contributed by atoms with Crippen molar-refractivity contribution < 1.29 is 9.59 Å². The van der Waals surface area contributed by atoms with Crippen LogP contribution in [0, 0.1) is 5.92 Å². The fraction of sp³-hybridized carbons (Fsp3) is 0.200. The van der Waals surface area contributed by atoms with Gasteiger partial charge in [-0.05, 0) is 46.2 Å². The highest BCUT2D eigenvalue weighted by Crippen LogP contribution is 2.43. The van der Waals surface area contributed by atoms with Crippen LogP contribution in [0.1, 0.15) is 29.3 Å². The monoisotopic (exact) mass is 380 g/mol. The van der Waals surface area contributed by atoms with Gasteiger partial charge in [-0.2, -0.15) is 0 Å². The van der Waals surface area contributed by atoms with Crippen LogP contribution in [0.5, 0.6) is 0 Å². The first-order valence-electron chi connectivity index (χ1n) is 5.98. The highest BCUT2D eigenvalue weighted by Gasteiger charge is 2.35. The maximum absolute atomic E-state index is 12.2. The van der Waals surface area contributed by atoms with Crippen molar-refractivity contribution in [2.75, 3.05) is 0 Å². The number of ketones is 2. The predicted molar refractivity (Wildman–Crippen MR) is 81.2 cm³/mol. The highest BCUT2D eigenvalue weighted by molar-refractivity contribution is 9.11. The maximum Gasteiger partial charge on any atom is 0.234 e. The smallest absolute Gasteiger partial charge is 0.234 e. The van der Waals surface area contributed by atoms with Crippen molar-refractivity contribution in [3.05, 3.63) is 49.9 Å². The molecule has 0 fully saturated rings. The molecule has 1 aromatic carbocycles. The average molecular weight is 382 g/mol. The lowest BCUT2D eigenvalue weighted by molar-refractivity contribution is -0.111. The molecule has 0 N–H and O–H groups in total. The Bertz CT molecular complexity index is 683. The summed E-state index contributed by atoms with van der Waals surface area (Å²) in [6.07, 6.45) is 2.65. The molecule has 3 rings (SSSR count). The minimum Gasteiger partial charge on any atom is -0.285 e. The number of hydrogen-bond donors (Lipinski definition) is 0. The van der Waals surface area contributed by atoms with Gasteiger partial charge < -0.3 is 0 Å². The van der Waals surface area contributed by atoms with Gasteiger partial charge in [-0.1, -0.05) is 44.8 Å². The molecule has 2 aliphatic carbocycles. The predicted octanol–water partition coefficient (Wildman–Crippen LogP) is 4.29. The van der Waals surface area contributed by atoms with Crippen LogP contribution >= 0.6 is 31.9 Å². The first-order valence-corrected chi connectivity index (χ1v) is 7.57. The van der Waals surface area contributed by atoms with Crippen LogP contribution in [-0.4, -0.2) is 11.6 Å². The third-order valence-electron chi connectivity index (χ3n) is 3.55. The molecule has 4 heteroatoms. The van der Waals surface area contributed by atoms with E-state index in [4.69, 9.17) is 0 Å². The van der Waals surface area contributed by atoms with E-state index in [9.17, 15) is 9.59 Å². The van der Waals surface area contributed by atoms with Gasteiger partial charge in [-0.3, -0.25) is 9.59 Å². The summed E-state index contributed by atoms with van der Waals surface area (Å²) >= 11 is 6.80. The lowest BCUT2D eigenvalue weighted by atomic mass is 9.75. The van der Waals surface area contributed by atoms with E-state index in [1.165, 1.54) is 0 Å². The SMILES string of the molecule is CC1CC(Br)=CC2=C1c1ccc(Br)cc1C(=O)C2=O. The zero-order valence-corrected chi connectivity index (χ0v) is 13.3. The molecule has 0 bridgehead atoms. The number of hydrogen-bond acceptors (Lipinski definition) is 2. The topological polar surface area (TPSA) is 34.1 Å². The molecular formula is C15H10Br2O2. The third kappa shape index (κ3) is 1.98. The summed E-state index contributed by atoms with van der Waals surface area (Å²) in [5, 5.41) is 0. The lowest BCUT2D eigenvalue weighted by Gasteiger charge is -2.28. The fourth-order valence-electron chi connectivity index (χ4n) is 2.74. The molecule has 1 atom stereocenters. The van der Waals surface area contributed by atoms with Crippen LogP contribution in [0.4, 0.5) is 0 Å². The van der Waals surface area contributed by atoms with Crippen molar-refractivity contribution in [3.8, 4) is 0 Å². The van der Waals surface area contributed by atoms with Crippen molar-refractivity contribution in [2.45, 2.75) is 13.3 Å². The minimum absolute atomic E-state index is 0.228. The van der Waals surface area contributed by atoms with E-state index in [1.807, 2.05) is 12.1 Å². The zero-order chi connectivity index (χ0) is 13.7. The first kappa shape index (κ1) is 13.0. The third-order valence-corrected chi connectivity index (χ3v) is 4.60. The number of fused-ring (bicyclic) bond motifs is 2. The molecule has 0 aromatic heterocycles. The molecule has 2 nitrogen and oxygen atoms in total. The van der Waals surface area contributed by atoms with Crippen LogP contribution in [0.3, 0.4) is 0 Å². The van der Waals surface area contributed by atoms with Crippen LogP contribution < -0.4 is 0 Å². The molecule has 0 spiro atoms. The standard InChI is InChI=1S/C15H10Br2O2/c1-7-4-9(17)6-12-13(7)10-3-2-8(16)5-11(10)14(18)15(12)19/h2-3,5-7H,4H2,1H3. The Hall–Kier alpha value is -1.00. The van der Waals surface area contributed by atoms with Crippen molar-refractivity contribution in [1.82, 2.24) is 0 Å². The first-order chi connectivity index (χ1) is 8.99. The number of carbonyl (C=O) groups is 2. The normalized spacial score (nSPS) is 22.1. The van der Waals surface area contributed by atoms with E-state index in [0.29, 0.717) is 11.1 Å². The molecule has 0 saturated carbocycles. The van der Waals surface area contributed by atoms with E-state index >= 15 is 0 Å². The average Bonchev–Trinajstić information content (AvgIpc) is 2.35. The van der Waals surface area contributed by atoms with E-state index in [-0.39, 0.29) is 5.92 Å². The van der Waals surface area contributed by atoms with Gasteiger partial charge in [0.15, 0.2) is 0 Å². The van der Waals surface area contributed by atoms with Crippen LogP contribution in [0.2, 0.25) is 0 Å². The van der Waals surface area contributed by atoms with Gasteiger partial charge in [0.05, 0.1) is 0 Å². The molecule has 96 valence electrons. The van der Waals surface area contributed by atoms with Crippen molar-refractivity contribution >= 4 is 49.0 Å². The summed E-state index contributed by atoms with van der Waals surface area (Å²) in [6.45, 7) is 2.08. The highest BCUT2D eigenvalue weighted by atomic mass is 79.9. The molecule has 0 aliphatic heterocycles. The van der Waals surface area contributed by atoms with Gasteiger partial charge in [0.2, 0.25) is 11.6 Å². The molecule has 0 saturated heterocycles. The number of allylic oxidation sites excluding steroid dienone is 4. The van der Waals surface area contributed by atoms with Crippen molar-refractivity contribution in [2.24, 2.45) is 5.92 Å². The Kier molecular flexibility index (Phi) is 3.10. The quantitative estimate of drug-likeness (QED) is 0.628. The lowest BCUT2D eigenvalue weighted by Crippen LogP contribution is -2.26. The van der Waals surface area contributed by atoms with Crippen LogP contribution in [0.15, 0.2) is 38.8 Å². The zero-order valence-electron chi connectivity index (χ0n) is 10.2. The van der Waals surface area contributed by atoms with Gasteiger partial charge >= 0.3 is 0 Å². The summed E-state index contributed by atoms with van der Waals surface area (Å²) in [6, 6.07) is 5.56. The Morgan fingerprint density at radius 3 is 2.58 bits per heavy atom. The Morgan fingerprint density at radius 1 is 1.11 bits per heavy atom. The van der Waals surface area contributed by atoms with E-state index < -0.39 is 11.6 Å². The summed E-state index contributed by atoms with van der Waals surface area (Å²) in [4.78, 5) is 24.4. The largest absolute Gasteiger partial charge is 0.285 e. The number of carbonyl (C=O) groups excluding carboxylic acids is 2. The molecule has 0 heterocycles. The number of benzene rings is 1. The van der Waals surface area contributed by atoms with Gasteiger partial charge in [-0.15, -0.1) is 0 Å². The fourth-order valence-corrected chi connectivity index (χ4v) is 3.81. The van der Waals surface area contributed by atoms with E-state index in [2.05, 4.69) is 38.8 Å². The number of Topliss-reactive ketones (excluding diaryl/α,β-unsaturated/α-hetero) is 2. The Morgan fingerprint density at radius 2 is 1.84 bits per heavy atom. The van der Waals surface area contributed by atoms with Crippen LogP contribution in [0.25, 0.3) is 5.57 Å². The number of rotatable bonds is 0. The van der Waals surface area contributed by atoms with Gasteiger partial charge in [0.25, 0.3) is 0 Å². The second-order valence-electron chi connectivity index (χ2n) is 4.87. The molecule has 19 heavy (non-hydrogen) atoms.